The quantitative estimate of drug-likeness (QED) is 0.786. The van der Waals surface area contributed by atoms with Crippen molar-refractivity contribution in [1.82, 2.24) is 4.90 Å². The summed E-state index contributed by atoms with van der Waals surface area (Å²) in [5, 5.41) is 9.68. The smallest absolute Gasteiger partial charge is 0.254 e. The van der Waals surface area contributed by atoms with Crippen molar-refractivity contribution in [2.75, 3.05) is 13.1 Å². The Morgan fingerprint density at radius 1 is 1.53 bits per heavy atom. The lowest BCUT2D eigenvalue weighted by Crippen LogP contribution is -2.53. The number of hydrogen-bond acceptors (Lipinski definition) is 2. The van der Waals surface area contributed by atoms with Crippen LogP contribution in [-0.4, -0.2) is 35.1 Å². The summed E-state index contributed by atoms with van der Waals surface area (Å²) < 4.78 is 0. The molecule has 0 aliphatic carbocycles. The summed E-state index contributed by atoms with van der Waals surface area (Å²) >= 11 is 5.84. The highest BCUT2D eigenvalue weighted by molar-refractivity contribution is 6.31. The number of aliphatic hydroxyl groups excluding tert-OH is 1. The second-order valence-corrected chi connectivity index (χ2v) is 4.26. The largest absolute Gasteiger partial charge is 0.389 e. The van der Waals surface area contributed by atoms with Crippen molar-refractivity contribution in [3.8, 4) is 0 Å². The molecule has 3 nitrogen and oxygen atoms in total. The number of carbonyl (C=O) groups is 1. The molecule has 0 aromatic heterocycles. The Kier molecular flexibility index (Phi) is 2.67. The number of halogens is 1. The highest BCUT2D eigenvalue weighted by Crippen LogP contribution is 2.19. The molecular weight excluding hydrogens is 214 g/mol. The molecule has 1 saturated heterocycles. The maximum absolute atomic E-state index is 11.9. The van der Waals surface area contributed by atoms with E-state index in [1.807, 2.05) is 13.0 Å². The van der Waals surface area contributed by atoms with Crippen molar-refractivity contribution in [3.05, 3.63) is 34.3 Å². The molecule has 0 spiro atoms. The zero-order valence-electron chi connectivity index (χ0n) is 8.40. The van der Waals surface area contributed by atoms with Gasteiger partial charge in [-0.15, -0.1) is 0 Å². The van der Waals surface area contributed by atoms with E-state index >= 15 is 0 Å². The highest BCUT2D eigenvalue weighted by atomic mass is 35.5. The number of hydrogen-bond donors (Lipinski definition) is 1. The van der Waals surface area contributed by atoms with E-state index in [9.17, 15) is 4.79 Å². The van der Waals surface area contributed by atoms with Gasteiger partial charge in [0.05, 0.1) is 6.10 Å². The number of aryl methyl sites for hydroxylation is 1. The van der Waals surface area contributed by atoms with Crippen LogP contribution in [0.3, 0.4) is 0 Å². The molecule has 1 aromatic carbocycles. The van der Waals surface area contributed by atoms with E-state index in [1.165, 1.54) is 0 Å². The second-order valence-electron chi connectivity index (χ2n) is 3.82. The van der Waals surface area contributed by atoms with Gasteiger partial charge in [0, 0.05) is 23.7 Å². The van der Waals surface area contributed by atoms with Gasteiger partial charge in [-0.1, -0.05) is 17.7 Å². The fourth-order valence-corrected chi connectivity index (χ4v) is 1.79. The minimum absolute atomic E-state index is 0.0553. The van der Waals surface area contributed by atoms with Gasteiger partial charge in [-0.05, 0) is 24.6 Å². The van der Waals surface area contributed by atoms with E-state index in [0.29, 0.717) is 23.7 Å². The Labute approximate surface area is 93.3 Å². The van der Waals surface area contributed by atoms with Crippen molar-refractivity contribution >= 4 is 17.5 Å². The van der Waals surface area contributed by atoms with Crippen LogP contribution in [0.2, 0.25) is 5.02 Å². The fraction of sp³-hybridized carbons (Fsp3) is 0.364. The standard InChI is InChI=1S/C11H12ClNO2/c1-7-2-3-8(12)4-10(7)11(15)13-5-9(14)6-13/h2-4,9,14H,5-6H2,1H3. The highest BCUT2D eigenvalue weighted by Gasteiger charge is 2.30. The van der Waals surface area contributed by atoms with E-state index in [0.717, 1.165) is 5.56 Å². The number of carbonyl (C=O) groups excluding carboxylic acids is 1. The van der Waals surface area contributed by atoms with Crippen LogP contribution in [0.25, 0.3) is 0 Å². The average Bonchev–Trinajstić information content (AvgIpc) is 2.16. The maximum atomic E-state index is 11.9. The van der Waals surface area contributed by atoms with Crippen LogP contribution < -0.4 is 0 Å². The number of β-amino-alcohol motifs (C(OH)–C–C–N with tert-alkyl or cyclic N) is 1. The SMILES string of the molecule is Cc1ccc(Cl)cc1C(=O)N1CC(O)C1. The molecular formula is C11H12ClNO2. The van der Waals surface area contributed by atoms with Crippen molar-refractivity contribution < 1.29 is 9.90 Å². The summed E-state index contributed by atoms with van der Waals surface area (Å²) in [5.74, 6) is -0.0553. The zero-order valence-corrected chi connectivity index (χ0v) is 9.16. The van der Waals surface area contributed by atoms with Gasteiger partial charge in [0.25, 0.3) is 5.91 Å². The number of likely N-dealkylation sites (tertiary alicyclic amines) is 1. The molecule has 1 fully saturated rings. The topological polar surface area (TPSA) is 40.5 Å². The maximum Gasteiger partial charge on any atom is 0.254 e. The second kappa shape index (κ2) is 3.83. The van der Waals surface area contributed by atoms with E-state index < -0.39 is 0 Å². The van der Waals surface area contributed by atoms with Crippen molar-refractivity contribution in [2.45, 2.75) is 13.0 Å². The molecule has 1 aliphatic rings. The summed E-state index contributed by atoms with van der Waals surface area (Å²) in [7, 11) is 0. The monoisotopic (exact) mass is 225 g/mol. The van der Waals surface area contributed by atoms with Gasteiger partial charge in [0.2, 0.25) is 0 Å². The average molecular weight is 226 g/mol. The molecule has 80 valence electrons. The van der Waals surface area contributed by atoms with Gasteiger partial charge in [-0.25, -0.2) is 0 Å². The third-order valence-corrected chi connectivity index (χ3v) is 2.81. The summed E-state index contributed by atoms with van der Waals surface area (Å²) in [5.41, 5.74) is 1.53. The minimum atomic E-state index is -0.367. The molecule has 0 saturated carbocycles. The molecule has 4 heteroatoms. The van der Waals surface area contributed by atoms with Gasteiger partial charge in [-0.3, -0.25) is 4.79 Å². The summed E-state index contributed by atoms with van der Waals surface area (Å²) in [6.45, 7) is 2.72. The molecule has 15 heavy (non-hydrogen) atoms. The van der Waals surface area contributed by atoms with E-state index in [-0.39, 0.29) is 12.0 Å². The van der Waals surface area contributed by atoms with E-state index in [2.05, 4.69) is 0 Å². The number of aliphatic hydroxyl groups is 1. The fourth-order valence-electron chi connectivity index (χ4n) is 1.62. The molecule has 0 atom stereocenters. The van der Waals surface area contributed by atoms with Gasteiger partial charge in [-0.2, -0.15) is 0 Å². The third kappa shape index (κ3) is 1.98. The lowest BCUT2D eigenvalue weighted by Gasteiger charge is -2.36. The molecule has 1 heterocycles. The number of amides is 1. The van der Waals surface area contributed by atoms with Gasteiger partial charge in [0.1, 0.15) is 0 Å². The Morgan fingerprint density at radius 3 is 2.80 bits per heavy atom. The van der Waals surface area contributed by atoms with Crippen LogP contribution in [-0.2, 0) is 0 Å². The van der Waals surface area contributed by atoms with Crippen molar-refractivity contribution in [3.63, 3.8) is 0 Å². The first-order valence-corrected chi connectivity index (χ1v) is 5.19. The molecule has 0 unspecified atom stereocenters. The molecule has 0 radical (unpaired) electrons. The molecule has 0 bridgehead atoms. The molecule has 1 N–H and O–H groups in total. The Morgan fingerprint density at radius 2 is 2.20 bits per heavy atom. The predicted octanol–water partition coefficient (Wildman–Crippen LogP) is 1.47. The Balaban J connectivity index is 2.22. The van der Waals surface area contributed by atoms with Gasteiger partial charge >= 0.3 is 0 Å². The number of rotatable bonds is 1. The summed E-state index contributed by atoms with van der Waals surface area (Å²) in [6.07, 6.45) is -0.367. The van der Waals surface area contributed by atoms with Crippen LogP contribution in [0.4, 0.5) is 0 Å². The van der Waals surface area contributed by atoms with Gasteiger partial charge in [0.15, 0.2) is 0 Å². The van der Waals surface area contributed by atoms with E-state index in [4.69, 9.17) is 16.7 Å². The van der Waals surface area contributed by atoms with Crippen LogP contribution in [0, 0.1) is 6.92 Å². The lowest BCUT2D eigenvalue weighted by atomic mass is 10.0. The lowest BCUT2D eigenvalue weighted by molar-refractivity contribution is 0.00584. The zero-order chi connectivity index (χ0) is 11.0. The molecule has 2 rings (SSSR count). The molecule has 1 amide bonds. The summed E-state index contributed by atoms with van der Waals surface area (Å²) in [6, 6.07) is 5.26. The van der Waals surface area contributed by atoms with Crippen molar-refractivity contribution in [1.29, 1.82) is 0 Å². The van der Waals surface area contributed by atoms with E-state index in [1.54, 1.807) is 17.0 Å². The molecule has 1 aromatic rings. The minimum Gasteiger partial charge on any atom is -0.389 e. The predicted molar refractivity (Wildman–Crippen MR) is 58.1 cm³/mol. The van der Waals surface area contributed by atoms with Crippen LogP contribution in [0.1, 0.15) is 15.9 Å². The summed E-state index contributed by atoms with van der Waals surface area (Å²) in [4.78, 5) is 13.5. The Bertz CT molecular complexity index is 400. The Hall–Kier alpha value is -1.06. The normalized spacial score (nSPS) is 16.3. The van der Waals surface area contributed by atoms with Crippen LogP contribution >= 0.6 is 11.6 Å². The van der Waals surface area contributed by atoms with Gasteiger partial charge < -0.3 is 10.0 Å². The number of nitrogens with zero attached hydrogens (tertiary/aromatic N) is 1. The van der Waals surface area contributed by atoms with Crippen LogP contribution in [0.5, 0.6) is 0 Å². The first kappa shape index (κ1) is 10.5. The third-order valence-electron chi connectivity index (χ3n) is 2.58. The number of benzene rings is 1. The van der Waals surface area contributed by atoms with Crippen molar-refractivity contribution in [2.24, 2.45) is 0 Å². The first-order chi connectivity index (χ1) is 7.08. The first-order valence-electron chi connectivity index (χ1n) is 4.81. The molecule has 1 aliphatic heterocycles. The van der Waals surface area contributed by atoms with Crippen LogP contribution in [0.15, 0.2) is 18.2 Å².